The predicted octanol–water partition coefficient (Wildman–Crippen LogP) is 3.36. The van der Waals surface area contributed by atoms with E-state index in [4.69, 9.17) is 12.2 Å². The number of aryl methyl sites for hydroxylation is 2. The second kappa shape index (κ2) is 9.59. The molecule has 0 aromatic carbocycles. The summed E-state index contributed by atoms with van der Waals surface area (Å²) in [7, 11) is 0. The Hall–Kier alpha value is -2.75. The number of hydrogen-bond donors (Lipinski definition) is 1. The van der Waals surface area contributed by atoms with Crippen molar-refractivity contribution in [2.75, 3.05) is 36.0 Å². The van der Waals surface area contributed by atoms with E-state index >= 15 is 0 Å². The highest BCUT2D eigenvalue weighted by Gasteiger charge is 2.21. The Kier molecular flexibility index (Phi) is 6.64. The SMILES string of the molecule is C=CC1CCN(c2nc(C)nc(N=CC3CCN(c4nc(=S)nc(C)[nH]4)CC3)n2)CC1. The maximum Gasteiger partial charge on any atom is 0.254 e. The summed E-state index contributed by atoms with van der Waals surface area (Å²) in [6.45, 7) is 11.4. The number of aromatic amines is 1. The van der Waals surface area contributed by atoms with Gasteiger partial charge in [-0.3, -0.25) is 0 Å². The maximum atomic E-state index is 5.14. The number of piperidine rings is 2. The minimum Gasteiger partial charge on any atom is -0.342 e. The predicted molar refractivity (Wildman–Crippen MR) is 125 cm³/mol. The molecule has 0 amide bonds. The zero-order valence-corrected chi connectivity index (χ0v) is 19.0. The molecular formula is C21H29N9S. The lowest BCUT2D eigenvalue weighted by molar-refractivity contribution is 0.473. The summed E-state index contributed by atoms with van der Waals surface area (Å²) >= 11 is 5.14. The lowest BCUT2D eigenvalue weighted by Gasteiger charge is -2.31. The average Bonchev–Trinajstić information content (AvgIpc) is 2.77. The second-order valence-corrected chi connectivity index (χ2v) is 8.55. The van der Waals surface area contributed by atoms with Gasteiger partial charge in [0.2, 0.25) is 16.7 Å². The molecule has 2 aromatic rings. The van der Waals surface area contributed by atoms with Crippen molar-refractivity contribution in [1.29, 1.82) is 0 Å². The highest BCUT2D eigenvalue weighted by molar-refractivity contribution is 7.71. The van der Waals surface area contributed by atoms with Crippen molar-refractivity contribution in [3.63, 3.8) is 0 Å². The molecule has 0 radical (unpaired) electrons. The van der Waals surface area contributed by atoms with Crippen LogP contribution in [0.5, 0.6) is 0 Å². The number of rotatable bonds is 5. The quantitative estimate of drug-likeness (QED) is 0.430. The third-order valence-electron chi connectivity index (χ3n) is 5.88. The first-order valence-corrected chi connectivity index (χ1v) is 11.3. The summed E-state index contributed by atoms with van der Waals surface area (Å²) in [6, 6.07) is 0. The molecule has 4 heterocycles. The molecule has 0 spiro atoms. The van der Waals surface area contributed by atoms with E-state index in [9.17, 15) is 0 Å². The smallest absolute Gasteiger partial charge is 0.254 e. The number of aliphatic imine (C=N–C) groups is 1. The van der Waals surface area contributed by atoms with Crippen LogP contribution in [0.3, 0.4) is 0 Å². The van der Waals surface area contributed by atoms with Gasteiger partial charge in [-0.25, -0.2) is 9.98 Å². The molecule has 0 atom stereocenters. The van der Waals surface area contributed by atoms with Crippen LogP contribution < -0.4 is 9.80 Å². The molecule has 31 heavy (non-hydrogen) atoms. The van der Waals surface area contributed by atoms with E-state index in [1.54, 1.807) is 0 Å². The highest BCUT2D eigenvalue weighted by atomic mass is 32.1. The van der Waals surface area contributed by atoms with E-state index in [0.29, 0.717) is 28.4 Å². The van der Waals surface area contributed by atoms with Gasteiger partial charge >= 0.3 is 0 Å². The van der Waals surface area contributed by atoms with Gasteiger partial charge in [0, 0.05) is 32.4 Å². The second-order valence-electron chi connectivity index (χ2n) is 8.19. The van der Waals surface area contributed by atoms with Gasteiger partial charge in [0.15, 0.2) is 0 Å². The molecule has 2 saturated heterocycles. The number of aromatic nitrogens is 6. The lowest BCUT2D eigenvalue weighted by Crippen LogP contribution is -2.35. The Bertz CT molecular complexity index is 1000. The van der Waals surface area contributed by atoms with Gasteiger partial charge in [-0.2, -0.15) is 19.9 Å². The average molecular weight is 440 g/mol. The molecule has 2 aliphatic rings. The summed E-state index contributed by atoms with van der Waals surface area (Å²) in [4.78, 5) is 34.3. The summed E-state index contributed by atoms with van der Waals surface area (Å²) in [5, 5.41) is 0. The van der Waals surface area contributed by atoms with Gasteiger partial charge in [-0.1, -0.05) is 6.08 Å². The summed E-state index contributed by atoms with van der Waals surface area (Å²) in [5.74, 6) is 4.47. The summed E-state index contributed by atoms with van der Waals surface area (Å²) in [5.41, 5.74) is 0. The summed E-state index contributed by atoms with van der Waals surface area (Å²) < 4.78 is 0.379. The van der Waals surface area contributed by atoms with E-state index in [2.05, 4.69) is 57.4 Å². The minimum absolute atomic E-state index is 0.379. The molecule has 2 aromatic heterocycles. The first-order chi connectivity index (χ1) is 15.0. The molecule has 10 heteroatoms. The number of nitrogens with one attached hydrogen (secondary N) is 1. The van der Waals surface area contributed by atoms with Crippen LogP contribution in [0.25, 0.3) is 0 Å². The van der Waals surface area contributed by atoms with Crippen molar-refractivity contribution in [2.24, 2.45) is 16.8 Å². The van der Waals surface area contributed by atoms with Gasteiger partial charge in [-0.15, -0.1) is 6.58 Å². The highest BCUT2D eigenvalue weighted by Crippen LogP contribution is 2.23. The molecule has 0 saturated carbocycles. The Balaban J connectivity index is 1.37. The number of allylic oxidation sites excluding steroid dienone is 1. The fraction of sp³-hybridized carbons (Fsp3) is 0.571. The number of H-pyrrole nitrogens is 1. The van der Waals surface area contributed by atoms with Crippen molar-refractivity contribution in [1.82, 2.24) is 29.9 Å². The Morgan fingerprint density at radius 1 is 0.935 bits per heavy atom. The summed E-state index contributed by atoms with van der Waals surface area (Å²) in [6.07, 6.45) is 8.19. The van der Waals surface area contributed by atoms with Crippen molar-refractivity contribution >= 4 is 36.3 Å². The van der Waals surface area contributed by atoms with Crippen LogP contribution in [0, 0.1) is 30.5 Å². The molecule has 2 fully saturated rings. The molecule has 164 valence electrons. The first-order valence-electron chi connectivity index (χ1n) is 10.8. The Morgan fingerprint density at radius 3 is 2.29 bits per heavy atom. The van der Waals surface area contributed by atoms with Crippen molar-refractivity contribution < 1.29 is 0 Å². The fourth-order valence-electron chi connectivity index (χ4n) is 4.05. The van der Waals surface area contributed by atoms with Crippen molar-refractivity contribution in [3.05, 3.63) is 29.1 Å². The molecular weight excluding hydrogens is 410 g/mol. The number of nitrogens with zero attached hydrogens (tertiary/aromatic N) is 8. The van der Waals surface area contributed by atoms with E-state index in [1.165, 1.54) is 0 Å². The zero-order chi connectivity index (χ0) is 21.8. The van der Waals surface area contributed by atoms with Crippen LogP contribution >= 0.6 is 12.2 Å². The van der Waals surface area contributed by atoms with Crippen LogP contribution in [0.4, 0.5) is 17.8 Å². The molecule has 0 aliphatic carbocycles. The Labute approximate surface area is 187 Å². The van der Waals surface area contributed by atoms with Gasteiger partial charge in [0.1, 0.15) is 11.6 Å². The van der Waals surface area contributed by atoms with Crippen LogP contribution in [0.2, 0.25) is 0 Å². The first kappa shape index (κ1) is 21.5. The maximum absolute atomic E-state index is 5.14. The third-order valence-corrected chi connectivity index (χ3v) is 6.06. The van der Waals surface area contributed by atoms with E-state index < -0.39 is 0 Å². The number of hydrogen-bond acceptors (Lipinski definition) is 9. The van der Waals surface area contributed by atoms with Gasteiger partial charge in [0.25, 0.3) is 5.95 Å². The standard InChI is InChI=1S/C21H29N9S/c1-4-16-5-9-29(10-6-16)19-24-14(2)23-18(27-19)22-13-17-7-11-30(12-8-17)20-25-15(3)26-21(31)28-20/h4,13,16-17H,1,5-12H2,2-3H3,(H,25,26,28,31). The Morgan fingerprint density at radius 2 is 1.61 bits per heavy atom. The molecule has 4 rings (SSSR count). The fourth-order valence-corrected chi connectivity index (χ4v) is 4.27. The minimum atomic E-state index is 0.379. The van der Waals surface area contributed by atoms with Crippen molar-refractivity contribution in [2.45, 2.75) is 39.5 Å². The largest absolute Gasteiger partial charge is 0.342 e. The van der Waals surface area contributed by atoms with E-state index in [0.717, 1.165) is 69.6 Å². The lowest BCUT2D eigenvalue weighted by atomic mass is 9.97. The third kappa shape index (κ3) is 5.49. The molecule has 9 nitrogen and oxygen atoms in total. The van der Waals surface area contributed by atoms with Crippen LogP contribution in [0.15, 0.2) is 17.6 Å². The molecule has 0 bridgehead atoms. The molecule has 0 unspecified atom stereocenters. The monoisotopic (exact) mass is 439 g/mol. The van der Waals surface area contributed by atoms with E-state index in [-0.39, 0.29) is 0 Å². The van der Waals surface area contributed by atoms with Gasteiger partial charge in [0.05, 0.1) is 0 Å². The van der Waals surface area contributed by atoms with Crippen molar-refractivity contribution in [3.8, 4) is 0 Å². The molecule has 2 aliphatic heterocycles. The normalized spacial score (nSPS) is 18.6. The van der Waals surface area contributed by atoms with E-state index in [1.807, 2.05) is 20.1 Å². The number of anilines is 2. The van der Waals surface area contributed by atoms with Gasteiger partial charge < -0.3 is 14.8 Å². The van der Waals surface area contributed by atoms with Crippen LogP contribution in [0.1, 0.15) is 37.3 Å². The molecule has 1 N–H and O–H groups in total. The van der Waals surface area contributed by atoms with Crippen LogP contribution in [-0.4, -0.2) is 62.3 Å². The van der Waals surface area contributed by atoms with Crippen LogP contribution in [-0.2, 0) is 0 Å². The van der Waals surface area contributed by atoms with Gasteiger partial charge in [-0.05, 0) is 63.6 Å². The zero-order valence-electron chi connectivity index (χ0n) is 18.2. The topological polar surface area (TPSA) is 99.1 Å².